The number of hydrogen-bond donors (Lipinski definition) is 2. The van der Waals surface area contributed by atoms with Gasteiger partial charge < -0.3 is 11.1 Å². The van der Waals surface area contributed by atoms with E-state index in [1.165, 1.54) is 0 Å². The second-order valence-corrected chi connectivity index (χ2v) is 3.50. The van der Waals surface area contributed by atoms with Gasteiger partial charge in [-0.3, -0.25) is 0 Å². The number of benzene rings is 1. The molecule has 1 aromatic rings. The van der Waals surface area contributed by atoms with Crippen molar-refractivity contribution in [3.8, 4) is 6.07 Å². The number of nitriles is 1. The van der Waals surface area contributed by atoms with Crippen molar-refractivity contribution in [3.05, 3.63) is 29.3 Å². The molecule has 1 atom stereocenters. The SMILES string of the molecule is Cc1cc(C#N)ccc1NCC(C)N. The summed E-state index contributed by atoms with van der Waals surface area (Å²) in [5.41, 5.74) is 8.44. The molecule has 1 aromatic carbocycles. The lowest BCUT2D eigenvalue weighted by Gasteiger charge is -2.11. The molecule has 3 N–H and O–H groups in total. The van der Waals surface area contributed by atoms with E-state index in [2.05, 4.69) is 11.4 Å². The highest BCUT2D eigenvalue weighted by atomic mass is 14.9. The first-order chi connectivity index (χ1) is 6.63. The number of anilines is 1. The molecule has 0 aromatic heterocycles. The van der Waals surface area contributed by atoms with Crippen LogP contribution in [0.3, 0.4) is 0 Å². The summed E-state index contributed by atoms with van der Waals surface area (Å²) < 4.78 is 0. The molecule has 0 radical (unpaired) electrons. The fourth-order valence-corrected chi connectivity index (χ4v) is 1.20. The Labute approximate surface area is 84.5 Å². The third-order valence-corrected chi connectivity index (χ3v) is 1.97. The molecule has 3 nitrogen and oxygen atoms in total. The van der Waals surface area contributed by atoms with Crippen LogP contribution in [0, 0.1) is 18.3 Å². The summed E-state index contributed by atoms with van der Waals surface area (Å²) in [7, 11) is 0. The second-order valence-electron chi connectivity index (χ2n) is 3.50. The Morgan fingerprint density at radius 1 is 1.57 bits per heavy atom. The Hall–Kier alpha value is -1.53. The van der Waals surface area contributed by atoms with Gasteiger partial charge in [0.15, 0.2) is 0 Å². The second kappa shape index (κ2) is 4.64. The smallest absolute Gasteiger partial charge is 0.0991 e. The van der Waals surface area contributed by atoms with Gasteiger partial charge in [-0.2, -0.15) is 5.26 Å². The molecule has 0 saturated carbocycles. The van der Waals surface area contributed by atoms with Gasteiger partial charge in [-0.05, 0) is 37.6 Å². The molecule has 1 unspecified atom stereocenters. The van der Waals surface area contributed by atoms with Gasteiger partial charge in [0.1, 0.15) is 0 Å². The van der Waals surface area contributed by atoms with Crippen LogP contribution in [0.4, 0.5) is 5.69 Å². The van der Waals surface area contributed by atoms with E-state index in [-0.39, 0.29) is 6.04 Å². The molecule has 0 heterocycles. The van der Waals surface area contributed by atoms with Gasteiger partial charge >= 0.3 is 0 Å². The Kier molecular flexibility index (Phi) is 3.49. The summed E-state index contributed by atoms with van der Waals surface area (Å²) in [5, 5.41) is 11.9. The Morgan fingerprint density at radius 3 is 2.79 bits per heavy atom. The van der Waals surface area contributed by atoms with Crippen molar-refractivity contribution in [2.24, 2.45) is 5.73 Å². The minimum Gasteiger partial charge on any atom is -0.383 e. The van der Waals surface area contributed by atoms with Gasteiger partial charge in [0.25, 0.3) is 0 Å². The van der Waals surface area contributed by atoms with E-state index in [4.69, 9.17) is 11.0 Å². The van der Waals surface area contributed by atoms with Gasteiger partial charge in [-0.15, -0.1) is 0 Å². The lowest BCUT2D eigenvalue weighted by molar-refractivity contribution is 0.779. The lowest BCUT2D eigenvalue weighted by Crippen LogP contribution is -2.25. The van der Waals surface area contributed by atoms with Crippen LogP contribution in [0.2, 0.25) is 0 Å². The number of nitrogens with one attached hydrogen (secondary N) is 1. The van der Waals surface area contributed by atoms with Crippen molar-refractivity contribution in [1.29, 1.82) is 5.26 Å². The number of aryl methyl sites for hydroxylation is 1. The summed E-state index contributed by atoms with van der Waals surface area (Å²) in [6.45, 7) is 4.67. The van der Waals surface area contributed by atoms with Gasteiger partial charge in [0, 0.05) is 18.3 Å². The minimum absolute atomic E-state index is 0.130. The third-order valence-electron chi connectivity index (χ3n) is 1.97. The molecule has 0 saturated heterocycles. The molecule has 0 aliphatic carbocycles. The molecule has 74 valence electrons. The zero-order valence-corrected chi connectivity index (χ0v) is 8.54. The highest BCUT2D eigenvalue weighted by Crippen LogP contribution is 2.15. The first kappa shape index (κ1) is 10.6. The van der Waals surface area contributed by atoms with Crippen molar-refractivity contribution in [2.45, 2.75) is 19.9 Å². The van der Waals surface area contributed by atoms with Crippen LogP contribution in [0.15, 0.2) is 18.2 Å². The molecule has 1 rings (SSSR count). The number of nitrogens with two attached hydrogens (primary N) is 1. The van der Waals surface area contributed by atoms with Crippen LogP contribution < -0.4 is 11.1 Å². The molecule has 0 aliphatic rings. The molecule has 3 heteroatoms. The van der Waals surface area contributed by atoms with E-state index in [1.807, 2.05) is 26.0 Å². The normalized spacial score (nSPS) is 11.9. The van der Waals surface area contributed by atoms with Crippen molar-refractivity contribution in [1.82, 2.24) is 0 Å². The summed E-state index contributed by atoms with van der Waals surface area (Å²) in [5.74, 6) is 0. The topological polar surface area (TPSA) is 61.8 Å². The monoisotopic (exact) mass is 189 g/mol. The van der Waals surface area contributed by atoms with Crippen LogP contribution in [-0.2, 0) is 0 Å². The predicted molar refractivity (Wildman–Crippen MR) is 58.0 cm³/mol. The third kappa shape index (κ3) is 2.75. The Morgan fingerprint density at radius 2 is 2.29 bits per heavy atom. The zero-order chi connectivity index (χ0) is 10.6. The number of nitrogens with zero attached hydrogens (tertiary/aromatic N) is 1. The maximum Gasteiger partial charge on any atom is 0.0991 e. The molecular weight excluding hydrogens is 174 g/mol. The quantitative estimate of drug-likeness (QED) is 0.759. The fourth-order valence-electron chi connectivity index (χ4n) is 1.20. The van der Waals surface area contributed by atoms with E-state index >= 15 is 0 Å². The number of rotatable bonds is 3. The predicted octanol–water partition coefficient (Wildman–Crippen LogP) is 1.63. The Balaban J connectivity index is 2.75. The van der Waals surface area contributed by atoms with Crippen molar-refractivity contribution in [3.63, 3.8) is 0 Å². The van der Waals surface area contributed by atoms with Crippen LogP contribution in [0.5, 0.6) is 0 Å². The number of hydrogen-bond acceptors (Lipinski definition) is 3. The van der Waals surface area contributed by atoms with Crippen LogP contribution in [-0.4, -0.2) is 12.6 Å². The van der Waals surface area contributed by atoms with Gasteiger partial charge in [-0.25, -0.2) is 0 Å². The summed E-state index contributed by atoms with van der Waals surface area (Å²) >= 11 is 0. The summed E-state index contributed by atoms with van der Waals surface area (Å²) in [6.07, 6.45) is 0. The highest BCUT2D eigenvalue weighted by molar-refractivity contribution is 5.54. The van der Waals surface area contributed by atoms with Crippen LogP contribution >= 0.6 is 0 Å². The molecule has 0 spiro atoms. The first-order valence-corrected chi connectivity index (χ1v) is 4.63. The van der Waals surface area contributed by atoms with Gasteiger partial charge in [0.05, 0.1) is 11.6 Å². The maximum absolute atomic E-state index is 8.68. The highest BCUT2D eigenvalue weighted by Gasteiger charge is 2.00. The van der Waals surface area contributed by atoms with Crippen LogP contribution in [0.25, 0.3) is 0 Å². The summed E-state index contributed by atoms with van der Waals surface area (Å²) in [4.78, 5) is 0. The molecular formula is C11H15N3. The molecule has 0 fully saturated rings. The largest absolute Gasteiger partial charge is 0.383 e. The molecule has 0 bridgehead atoms. The van der Waals surface area contributed by atoms with E-state index in [9.17, 15) is 0 Å². The zero-order valence-electron chi connectivity index (χ0n) is 8.54. The minimum atomic E-state index is 0.130. The van der Waals surface area contributed by atoms with E-state index in [1.54, 1.807) is 6.07 Å². The summed E-state index contributed by atoms with van der Waals surface area (Å²) in [6, 6.07) is 7.82. The van der Waals surface area contributed by atoms with Crippen molar-refractivity contribution >= 4 is 5.69 Å². The average Bonchev–Trinajstić information content (AvgIpc) is 2.15. The van der Waals surface area contributed by atoms with E-state index < -0.39 is 0 Å². The maximum atomic E-state index is 8.68. The van der Waals surface area contributed by atoms with E-state index in [0.717, 1.165) is 17.8 Å². The van der Waals surface area contributed by atoms with Crippen LogP contribution in [0.1, 0.15) is 18.1 Å². The first-order valence-electron chi connectivity index (χ1n) is 4.63. The molecule has 0 amide bonds. The lowest BCUT2D eigenvalue weighted by atomic mass is 10.1. The molecule has 14 heavy (non-hydrogen) atoms. The van der Waals surface area contributed by atoms with Crippen molar-refractivity contribution < 1.29 is 0 Å². The standard InChI is InChI=1S/C11H15N3/c1-8-5-10(6-12)3-4-11(8)14-7-9(2)13/h3-5,9,14H,7,13H2,1-2H3. The van der Waals surface area contributed by atoms with Crippen molar-refractivity contribution in [2.75, 3.05) is 11.9 Å². The average molecular weight is 189 g/mol. The van der Waals surface area contributed by atoms with Gasteiger partial charge in [-0.1, -0.05) is 0 Å². The van der Waals surface area contributed by atoms with Gasteiger partial charge in [0.2, 0.25) is 0 Å². The van der Waals surface area contributed by atoms with E-state index in [0.29, 0.717) is 5.56 Å². The molecule has 0 aliphatic heterocycles. The Bertz CT molecular complexity index is 350. The fraction of sp³-hybridized carbons (Fsp3) is 0.364.